The molecule has 1 aliphatic carbocycles. The van der Waals surface area contributed by atoms with Crippen molar-refractivity contribution in [3.63, 3.8) is 0 Å². The first kappa shape index (κ1) is 26.7. The van der Waals surface area contributed by atoms with Crippen molar-refractivity contribution < 1.29 is 14.3 Å². The van der Waals surface area contributed by atoms with Crippen molar-refractivity contribution in [3.8, 4) is 0 Å². The monoisotopic (exact) mass is 517 g/mol. The van der Waals surface area contributed by atoms with Crippen LogP contribution in [0.1, 0.15) is 92.4 Å². The number of carbonyl (C=O) groups excluding carboxylic acids is 1. The van der Waals surface area contributed by atoms with E-state index in [2.05, 4.69) is 36.4 Å². The number of allylic oxidation sites excluding steroid dienone is 1. The van der Waals surface area contributed by atoms with E-state index in [0.717, 1.165) is 12.8 Å². The molecule has 0 aromatic rings. The molecule has 0 N–H and O–H groups in total. The number of ether oxygens (including phenoxy) is 2. The largest absolute Gasteiger partial charge is 0.474 e. The van der Waals surface area contributed by atoms with Gasteiger partial charge in [-0.25, -0.2) is 4.99 Å². The van der Waals surface area contributed by atoms with Gasteiger partial charge in [-0.15, -0.1) is 0 Å². The minimum atomic E-state index is -0.526. The maximum absolute atomic E-state index is 12.6. The van der Waals surface area contributed by atoms with Crippen LogP contribution in [0.2, 0.25) is 0 Å². The molecule has 4 atom stereocenters. The fourth-order valence-corrected chi connectivity index (χ4v) is 6.03. The zero-order chi connectivity index (χ0) is 23.2. The Morgan fingerprint density at radius 1 is 1.26 bits per heavy atom. The quantitative estimate of drug-likeness (QED) is 0.223. The van der Waals surface area contributed by atoms with Gasteiger partial charge in [0.05, 0.1) is 23.2 Å². The molecule has 2 aliphatic rings. The van der Waals surface area contributed by atoms with Crippen LogP contribution in [0.25, 0.3) is 0 Å². The topological polar surface area (TPSA) is 47.9 Å². The van der Waals surface area contributed by atoms with Crippen LogP contribution in [0.3, 0.4) is 0 Å². The second-order valence-electron chi connectivity index (χ2n) is 10.7. The summed E-state index contributed by atoms with van der Waals surface area (Å²) in [6.07, 6.45) is 9.26. The molecule has 1 fully saturated rings. The van der Waals surface area contributed by atoms with E-state index >= 15 is 0 Å². The van der Waals surface area contributed by atoms with E-state index in [1.165, 1.54) is 32.1 Å². The summed E-state index contributed by atoms with van der Waals surface area (Å²) in [7, 11) is 0. The number of alkyl halides is 1. The molecule has 1 saturated carbocycles. The SMILES string of the molecule is C=C(Cl)C[C@H](CC(=O)OC(C)(C)C)C1=N[C@@H](CC2CCCCC2)[C@@H]([C@H](Br)CC(C)C)O1. The number of hydrogen-bond donors (Lipinski definition) is 0. The van der Waals surface area contributed by atoms with E-state index in [0.29, 0.717) is 29.2 Å². The Morgan fingerprint density at radius 3 is 2.45 bits per heavy atom. The van der Waals surface area contributed by atoms with Gasteiger partial charge in [0.2, 0.25) is 0 Å². The van der Waals surface area contributed by atoms with Gasteiger partial charge >= 0.3 is 5.97 Å². The highest BCUT2D eigenvalue weighted by atomic mass is 79.9. The number of aliphatic imine (C=N–C) groups is 1. The molecule has 178 valence electrons. The number of halogens is 2. The van der Waals surface area contributed by atoms with Crippen LogP contribution in [-0.4, -0.2) is 34.4 Å². The molecule has 0 saturated heterocycles. The standard InChI is InChI=1S/C25H41BrClNO3/c1-16(2)12-20(26)23-21(14-18-10-8-7-9-11-18)28-24(30-23)19(13-17(3)27)15-22(29)31-25(4,5)6/h16,18-21,23H,3,7-15H2,1-2,4-6H3/t19-,20-,21+,23-/m1/s1. The second kappa shape index (κ2) is 12.1. The van der Waals surface area contributed by atoms with E-state index in [4.69, 9.17) is 26.1 Å². The highest BCUT2D eigenvalue weighted by Gasteiger charge is 2.40. The molecule has 31 heavy (non-hydrogen) atoms. The summed E-state index contributed by atoms with van der Waals surface area (Å²) in [6, 6.07) is 0.117. The van der Waals surface area contributed by atoms with Crippen molar-refractivity contribution in [3.05, 3.63) is 11.6 Å². The minimum Gasteiger partial charge on any atom is -0.474 e. The number of carbonyl (C=O) groups is 1. The molecule has 2 rings (SSSR count). The summed E-state index contributed by atoms with van der Waals surface area (Å²) in [6.45, 7) is 13.9. The fraction of sp³-hybridized carbons (Fsp3) is 0.840. The molecule has 0 aromatic carbocycles. The minimum absolute atomic E-state index is 0.0101. The molecular formula is C25H41BrClNO3. The van der Waals surface area contributed by atoms with Crippen molar-refractivity contribution in [2.45, 2.75) is 115 Å². The Bertz CT molecular complexity index is 637. The van der Waals surface area contributed by atoms with E-state index < -0.39 is 5.60 Å². The predicted octanol–water partition coefficient (Wildman–Crippen LogP) is 7.42. The maximum Gasteiger partial charge on any atom is 0.307 e. The Kier molecular flexibility index (Phi) is 10.4. The number of esters is 1. The molecule has 0 radical (unpaired) electrons. The van der Waals surface area contributed by atoms with Crippen LogP contribution in [0.15, 0.2) is 16.6 Å². The Balaban J connectivity index is 2.18. The van der Waals surface area contributed by atoms with Crippen LogP contribution >= 0.6 is 27.5 Å². The van der Waals surface area contributed by atoms with Gasteiger partial charge in [0.25, 0.3) is 0 Å². The maximum atomic E-state index is 12.6. The van der Waals surface area contributed by atoms with E-state index in [1.54, 1.807) is 0 Å². The second-order valence-corrected chi connectivity index (χ2v) is 12.4. The van der Waals surface area contributed by atoms with Gasteiger partial charge in [0, 0.05) is 5.03 Å². The lowest BCUT2D eigenvalue weighted by Crippen LogP contribution is -2.35. The van der Waals surface area contributed by atoms with Gasteiger partial charge in [0.1, 0.15) is 11.7 Å². The third-order valence-corrected chi connectivity index (χ3v) is 6.98. The van der Waals surface area contributed by atoms with Gasteiger partial charge in [-0.2, -0.15) is 0 Å². The van der Waals surface area contributed by atoms with Gasteiger partial charge in [-0.3, -0.25) is 4.79 Å². The van der Waals surface area contributed by atoms with Crippen LogP contribution in [0.4, 0.5) is 0 Å². The molecule has 0 aromatic heterocycles. The van der Waals surface area contributed by atoms with Gasteiger partial charge in [0.15, 0.2) is 5.90 Å². The van der Waals surface area contributed by atoms with Crippen molar-refractivity contribution in [1.29, 1.82) is 0 Å². The molecule has 1 heterocycles. The summed E-state index contributed by atoms with van der Waals surface area (Å²) in [5, 5.41) is 0.504. The zero-order valence-corrected chi connectivity index (χ0v) is 22.3. The first-order valence-corrected chi connectivity index (χ1v) is 13.2. The van der Waals surface area contributed by atoms with Crippen LogP contribution in [0.5, 0.6) is 0 Å². The van der Waals surface area contributed by atoms with Gasteiger partial charge in [-0.1, -0.05) is 80.1 Å². The lowest BCUT2D eigenvalue weighted by molar-refractivity contribution is -0.155. The molecule has 4 nitrogen and oxygen atoms in total. The summed E-state index contributed by atoms with van der Waals surface area (Å²) in [4.78, 5) is 17.8. The Hall–Kier alpha value is -0.550. The third kappa shape index (κ3) is 9.45. The highest BCUT2D eigenvalue weighted by Crippen LogP contribution is 2.37. The van der Waals surface area contributed by atoms with Crippen molar-refractivity contribution in [2.24, 2.45) is 22.7 Å². The smallest absolute Gasteiger partial charge is 0.307 e. The molecule has 6 heteroatoms. The number of rotatable bonds is 10. The van der Waals surface area contributed by atoms with Gasteiger partial charge in [-0.05, 0) is 51.9 Å². The average molecular weight is 519 g/mol. The molecule has 0 bridgehead atoms. The predicted molar refractivity (Wildman–Crippen MR) is 133 cm³/mol. The van der Waals surface area contributed by atoms with Gasteiger partial charge < -0.3 is 9.47 Å². The summed E-state index contributed by atoms with van der Waals surface area (Å²) >= 11 is 10.1. The normalized spacial score (nSPS) is 24.5. The zero-order valence-electron chi connectivity index (χ0n) is 20.0. The van der Waals surface area contributed by atoms with Crippen LogP contribution < -0.4 is 0 Å². The summed E-state index contributed by atoms with van der Waals surface area (Å²) in [5.41, 5.74) is -0.526. The summed E-state index contributed by atoms with van der Waals surface area (Å²) in [5.74, 6) is 1.42. The molecule has 0 unspecified atom stereocenters. The lowest BCUT2D eigenvalue weighted by Gasteiger charge is -2.28. The first-order chi connectivity index (χ1) is 14.4. The number of hydrogen-bond acceptors (Lipinski definition) is 4. The van der Waals surface area contributed by atoms with Crippen molar-refractivity contribution in [2.75, 3.05) is 0 Å². The average Bonchev–Trinajstić information content (AvgIpc) is 3.03. The van der Waals surface area contributed by atoms with Crippen LogP contribution in [0, 0.1) is 17.8 Å². The lowest BCUT2D eigenvalue weighted by atomic mass is 9.83. The van der Waals surface area contributed by atoms with Crippen LogP contribution in [-0.2, 0) is 14.3 Å². The fourth-order valence-electron chi connectivity index (χ4n) is 4.64. The Labute approximate surface area is 202 Å². The first-order valence-electron chi connectivity index (χ1n) is 11.9. The van der Waals surface area contributed by atoms with E-state index in [1.807, 2.05) is 20.8 Å². The van der Waals surface area contributed by atoms with Crippen molar-refractivity contribution >= 4 is 39.4 Å². The molecule has 0 amide bonds. The highest BCUT2D eigenvalue weighted by molar-refractivity contribution is 9.09. The van der Waals surface area contributed by atoms with Crippen molar-refractivity contribution in [1.82, 2.24) is 0 Å². The molecule has 1 aliphatic heterocycles. The number of nitrogens with zero attached hydrogens (tertiary/aromatic N) is 1. The van der Waals surface area contributed by atoms with E-state index in [9.17, 15) is 4.79 Å². The van der Waals surface area contributed by atoms with E-state index in [-0.39, 0.29) is 35.3 Å². The third-order valence-electron chi connectivity index (χ3n) is 5.93. The molecular weight excluding hydrogens is 478 g/mol. The Morgan fingerprint density at radius 2 is 1.90 bits per heavy atom. The summed E-state index contributed by atoms with van der Waals surface area (Å²) < 4.78 is 12.0. The molecule has 0 spiro atoms.